The van der Waals surface area contributed by atoms with Crippen molar-refractivity contribution in [1.29, 1.82) is 0 Å². The summed E-state index contributed by atoms with van der Waals surface area (Å²) in [5.74, 6) is -1.85. The number of rotatable bonds is 5. The first-order valence-electron chi connectivity index (χ1n) is 7.34. The highest BCUT2D eigenvalue weighted by molar-refractivity contribution is 5.99. The number of anilines is 1. The number of amides is 1. The molecule has 0 saturated carbocycles. The minimum Gasteiger partial charge on any atom is -0.507 e. The third kappa shape index (κ3) is 4.31. The van der Waals surface area contributed by atoms with Crippen molar-refractivity contribution >= 4 is 23.3 Å². The van der Waals surface area contributed by atoms with Crippen molar-refractivity contribution in [3.63, 3.8) is 0 Å². The average Bonchev–Trinajstić information content (AvgIpc) is 2.54. The molecule has 1 atom stereocenters. The quantitative estimate of drug-likeness (QED) is 0.489. The Morgan fingerprint density at radius 1 is 1.24 bits per heavy atom. The number of nitrogens with zero attached hydrogens (tertiary/aromatic N) is 1. The number of hydrogen-bond donors (Lipinski definition) is 2. The van der Waals surface area contributed by atoms with Crippen LogP contribution in [0.3, 0.4) is 0 Å². The molecule has 0 aliphatic heterocycles. The van der Waals surface area contributed by atoms with E-state index < -0.39 is 22.9 Å². The van der Waals surface area contributed by atoms with Crippen LogP contribution in [0.4, 0.5) is 11.4 Å². The molecule has 2 rings (SSSR count). The number of nitro benzene ring substituents is 1. The van der Waals surface area contributed by atoms with Gasteiger partial charge in [0, 0.05) is 6.07 Å². The van der Waals surface area contributed by atoms with Gasteiger partial charge >= 0.3 is 5.97 Å². The number of carbonyl (C=O) groups is 2. The molecule has 0 heterocycles. The lowest BCUT2D eigenvalue weighted by molar-refractivity contribution is -0.383. The first-order valence-corrected chi connectivity index (χ1v) is 7.34. The van der Waals surface area contributed by atoms with Gasteiger partial charge in [0.2, 0.25) is 0 Å². The van der Waals surface area contributed by atoms with E-state index in [0.717, 1.165) is 5.56 Å². The summed E-state index contributed by atoms with van der Waals surface area (Å²) in [5, 5.41) is 23.1. The van der Waals surface area contributed by atoms with Crippen LogP contribution in [0.1, 0.15) is 22.8 Å². The first kappa shape index (κ1) is 17.9. The maximum Gasteiger partial charge on any atom is 0.342 e. The number of para-hydroxylation sites is 2. The number of aryl methyl sites for hydroxylation is 1. The zero-order chi connectivity index (χ0) is 18.6. The van der Waals surface area contributed by atoms with Crippen molar-refractivity contribution in [3.05, 3.63) is 63.7 Å². The third-order valence-corrected chi connectivity index (χ3v) is 3.38. The van der Waals surface area contributed by atoms with Gasteiger partial charge < -0.3 is 15.2 Å². The van der Waals surface area contributed by atoms with E-state index in [0.29, 0.717) is 0 Å². The zero-order valence-electron chi connectivity index (χ0n) is 13.6. The van der Waals surface area contributed by atoms with E-state index in [1.807, 2.05) is 0 Å². The highest BCUT2D eigenvalue weighted by atomic mass is 16.6. The topological polar surface area (TPSA) is 119 Å². The molecule has 1 amide bonds. The smallest absolute Gasteiger partial charge is 0.342 e. The largest absolute Gasteiger partial charge is 0.507 e. The van der Waals surface area contributed by atoms with Crippen LogP contribution in [0.2, 0.25) is 0 Å². The zero-order valence-corrected chi connectivity index (χ0v) is 13.6. The van der Waals surface area contributed by atoms with Gasteiger partial charge in [-0.3, -0.25) is 14.9 Å². The van der Waals surface area contributed by atoms with Gasteiger partial charge in [-0.1, -0.05) is 18.2 Å². The molecular weight excluding hydrogens is 328 g/mol. The summed E-state index contributed by atoms with van der Waals surface area (Å²) in [4.78, 5) is 34.5. The summed E-state index contributed by atoms with van der Waals surface area (Å²) in [6.07, 6.45) is -1.21. The van der Waals surface area contributed by atoms with Crippen molar-refractivity contribution in [2.75, 3.05) is 5.32 Å². The summed E-state index contributed by atoms with van der Waals surface area (Å²) < 4.78 is 5.01. The second-order valence-electron chi connectivity index (χ2n) is 5.33. The Kier molecular flexibility index (Phi) is 5.33. The molecule has 2 aromatic carbocycles. The van der Waals surface area contributed by atoms with Crippen LogP contribution in [0.25, 0.3) is 0 Å². The van der Waals surface area contributed by atoms with Gasteiger partial charge in [-0.05, 0) is 37.6 Å². The lowest BCUT2D eigenvalue weighted by Crippen LogP contribution is -2.30. The Morgan fingerprint density at radius 2 is 1.92 bits per heavy atom. The van der Waals surface area contributed by atoms with Crippen molar-refractivity contribution in [2.24, 2.45) is 0 Å². The number of ether oxygens (including phenoxy) is 1. The minimum atomic E-state index is -1.21. The molecule has 2 aromatic rings. The monoisotopic (exact) mass is 344 g/mol. The summed E-state index contributed by atoms with van der Waals surface area (Å²) in [5.41, 5.74) is 0.413. The summed E-state index contributed by atoms with van der Waals surface area (Å²) in [6.45, 7) is 3.07. The highest BCUT2D eigenvalue weighted by Crippen LogP contribution is 2.24. The molecule has 0 bridgehead atoms. The second-order valence-corrected chi connectivity index (χ2v) is 5.33. The molecule has 0 saturated heterocycles. The summed E-state index contributed by atoms with van der Waals surface area (Å²) >= 11 is 0. The number of benzene rings is 2. The van der Waals surface area contributed by atoms with Crippen LogP contribution >= 0.6 is 0 Å². The van der Waals surface area contributed by atoms with Crippen LogP contribution in [0.15, 0.2) is 42.5 Å². The van der Waals surface area contributed by atoms with E-state index in [1.54, 1.807) is 13.0 Å². The molecule has 2 N–H and O–H groups in total. The molecule has 0 unspecified atom stereocenters. The number of aromatic hydroxyl groups is 1. The van der Waals surface area contributed by atoms with Crippen molar-refractivity contribution in [1.82, 2.24) is 0 Å². The van der Waals surface area contributed by atoms with E-state index in [-0.39, 0.29) is 22.7 Å². The average molecular weight is 344 g/mol. The van der Waals surface area contributed by atoms with Crippen LogP contribution < -0.4 is 5.32 Å². The number of nitrogens with one attached hydrogen (secondary N) is 1. The molecule has 8 heteroatoms. The number of esters is 1. The van der Waals surface area contributed by atoms with Crippen molar-refractivity contribution in [2.45, 2.75) is 20.0 Å². The van der Waals surface area contributed by atoms with E-state index in [4.69, 9.17) is 4.74 Å². The number of carbonyl (C=O) groups excluding carboxylic acids is 2. The van der Waals surface area contributed by atoms with Crippen LogP contribution in [-0.2, 0) is 9.53 Å². The molecule has 0 aromatic heterocycles. The lowest BCUT2D eigenvalue weighted by Gasteiger charge is -2.14. The summed E-state index contributed by atoms with van der Waals surface area (Å²) in [6, 6.07) is 10.0. The summed E-state index contributed by atoms with van der Waals surface area (Å²) in [7, 11) is 0. The normalized spacial score (nSPS) is 11.4. The Balaban J connectivity index is 2.08. The first-order chi connectivity index (χ1) is 11.8. The SMILES string of the molecule is Cc1ccc(C(=O)O[C@H](C)C(=O)Nc2ccccc2[N+](=O)[O-])c(O)c1. The van der Waals surface area contributed by atoms with Gasteiger partial charge in [-0.2, -0.15) is 0 Å². The Labute approximate surface area is 143 Å². The Morgan fingerprint density at radius 3 is 2.56 bits per heavy atom. The van der Waals surface area contributed by atoms with Gasteiger partial charge in [0.05, 0.1) is 4.92 Å². The third-order valence-electron chi connectivity index (χ3n) is 3.38. The van der Waals surface area contributed by atoms with E-state index in [1.165, 1.54) is 43.3 Å². The van der Waals surface area contributed by atoms with Crippen molar-refractivity contribution in [3.8, 4) is 5.75 Å². The van der Waals surface area contributed by atoms with Gasteiger partial charge in [-0.15, -0.1) is 0 Å². The predicted molar refractivity (Wildman–Crippen MR) is 89.4 cm³/mol. The van der Waals surface area contributed by atoms with Crippen LogP contribution in [0, 0.1) is 17.0 Å². The van der Waals surface area contributed by atoms with Gasteiger partial charge in [0.15, 0.2) is 6.10 Å². The maximum atomic E-state index is 12.1. The maximum absolute atomic E-state index is 12.1. The van der Waals surface area contributed by atoms with E-state index in [9.17, 15) is 24.8 Å². The highest BCUT2D eigenvalue weighted by Gasteiger charge is 2.23. The Hall–Kier alpha value is -3.42. The van der Waals surface area contributed by atoms with Gasteiger partial charge in [-0.25, -0.2) is 4.79 Å². The fourth-order valence-electron chi connectivity index (χ4n) is 2.06. The lowest BCUT2D eigenvalue weighted by atomic mass is 10.1. The number of nitro groups is 1. The fraction of sp³-hybridized carbons (Fsp3) is 0.176. The molecule has 8 nitrogen and oxygen atoms in total. The van der Waals surface area contributed by atoms with Crippen LogP contribution in [-0.4, -0.2) is 28.0 Å². The Bertz CT molecular complexity index is 834. The molecule has 0 spiro atoms. The second kappa shape index (κ2) is 7.43. The molecule has 0 radical (unpaired) electrons. The standard InChI is InChI=1S/C17H16N2O6/c1-10-7-8-12(15(20)9-10)17(22)25-11(2)16(21)18-13-5-3-4-6-14(13)19(23)24/h3-9,11,20H,1-2H3,(H,18,21)/t11-/m1/s1. The molecule has 0 aliphatic rings. The molecule has 0 fully saturated rings. The van der Waals surface area contributed by atoms with Gasteiger partial charge in [0.25, 0.3) is 11.6 Å². The number of hydrogen-bond acceptors (Lipinski definition) is 6. The number of phenolic OH excluding ortho intramolecular Hbond substituents is 1. The van der Waals surface area contributed by atoms with Crippen molar-refractivity contribution < 1.29 is 24.4 Å². The predicted octanol–water partition coefficient (Wildman–Crippen LogP) is 2.79. The minimum absolute atomic E-state index is 0.00131. The fourth-order valence-corrected chi connectivity index (χ4v) is 2.06. The van der Waals surface area contributed by atoms with Gasteiger partial charge in [0.1, 0.15) is 17.0 Å². The molecule has 0 aliphatic carbocycles. The number of phenols is 1. The van der Waals surface area contributed by atoms with E-state index >= 15 is 0 Å². The molecule has 130 valence electrons. The van der Waals surface area contributed by atoms with Crippen LogP contribution in [0.5, 0.6) is 5.75 Å². The van der Waals surface area contributed by atoms with E-state index in [2.05, 4.69) is 5.32 Å². The molecule has 25 heavy (non-hydrogen) atoms. The molecular formula is C17H16N2O6.